The predicted octanol–water partition coefficient (Wildman–Crippen LogP) is 4.37. The first kappa shape index (κ1) is 14.0. The Bertz CT molecular complexity index is 687. The zero-order valence-electron chi connectivity index (χ0n) is 11.8. The van der Waals surface area contributed by atoms with Gasteiger partial charge in [-0.25, -0.2) is 4.98 Å². The van der Waals surface area contributed by atoms with Crippen molar-refractivity contribution >= 4 is 11.3 Å². The van der Waals surface area contributed by atoms with E-state index in [1.54, 1.807) is 11.3 Å². The van der Waals surface area contributed by atoms with Gasteiger partial charge in [-0.1, -0.05) is 54.6 Å². The van der Waals surface area contributed by atoms with Crippen LogP contribution in [0.5, 0.6) is 0 Å². The Morgan fingerprint density at radius 1 is 0.857 bits per heavy atom. The smallest absolute Gasteiger partial charge is 0.0933 e. The van der Waals surface area contributed by atoms with E-state index in [0.29, 0.717) is 0 Å². The molecule has 0 saturated carbocycles. The van der Waals surface area contributed by atoms with Gasteiger partial charge in [-0.2, -0.15) is 0 Å². The van der Waals surface area contributed by atoms with Crippen LogP contribution in [-0.4, -0.2) is 11.5 Å². The average molecular weight is 294 g/mol. The second-order valence-corrected chi connectivity index (χ2v) is 5.90. The standard InChI is InChI=1S/C18H18N2S/c19-12-4-7-18-20-17(13-21-18)16-10-8-15(9-11-16)14-5-2-1-3-6-14/h1-3,5-6,8-11,13H,4,7,12,19H2. The highest BCUT2D eigenvalue weighted by Crippen LogP contribution is 2.26. The number of nitrogens with zero attached hydrogens (tertiary/aromatic N) is 1. The molecule has 0 atom stereocenters. The minimum Gasteiger partial charge on any atom is -0.330 e. The summed E-state index contributed by atoms with van der Waals surface area (Å²) in [7, 11) is 0. The number of benzene rings is 2. The monoisotopic (exact) mass is 294 g/mol. The van der Waals surface area contributed by atoms with E-state index >= 15 is 0 Å². The van der Waals surface area contributed by atoms with E-state index in [-0.39, 0.29) is 0 Å². The fraction of sp³-hybridized carbons (Fsp3) is 0.167. The normalized spacial score (nSPS) is 10.7. The van der Waals surface area contributed by atoms with Crippen LogP contribution < -0.4 is 5.73 Å². The second kappa shape index (κ2) is 6.66. The highest BCUT2D eigenvalue weighted by Gasteiger charge is 2.05. The molecule has 0 aliphatic carbocycles. The lowest BCUT2D eigenvalue weighted by Crippen LogP contribution is -1.99. The van der Waals surface area contributed by atoms with Gasteiger partial charge in [-0.3, -0.25) is 0 Å². The lowest BCUT2D eigenvalue weighted by molar-refractivity contribution is 0.827. The van der Waals surface area contributed by atoms with E-state index in [4.69, 9.17) is 5.73 Å². The Kier molecular flexibility index (Phi) is 4.43. The van der Waals surface area contributed by atoms with Crippen molar-refractivity contribution < 1.29 is 0 Å². The second-order valence-electron chi connectivity index (χ2n) is 4.96. The number of hydrogen-bond acceptors (Lipinski definition) is 3. The van der Waals surface area contributed by atoms with Crippen LogP contribution in [0.25, 0.3) is 22.4 Å². The third-order valence-electron chi connectivity index (χ3n) is 3.43. The average Bonchev–Trinajstić information content (AvgIpc) is 3.03. The van der Waals surface area contributed by atoms with Crippen molar-refractivity contribution in [2.45, 2.75) is 12.8 Å². The van der Waals surface area contributed by atoms with Crippen molar-refractivity contribution in [1.29, 1.82) is 0 Å². The molecule has 3 aromatic rings. The molecule has 2 N–H and O–H groups in total. The largest absolute Gasteiger partial charge is 0.330 e. The van der Waals surface area contributed by atoms with Gasteiger partial charge in [-0.05, 0) is 24.1 Å². The van der Waals surface area contributed by atoms with Crippen molar-refractivity contribution in [3.8, 4) is 22.4 Å². The van der Waals surface area contributed by atoms with Gasteiger partial charge < -0.3 is 5.73 Å². The first-order chi connectivity index (χ1) is 10.4. The molecule has 0 saturated heterocycles. The van der Waals surface area contributed by atoms with Gasteiger partial charge in [0.15, 0.2) is 0 Å². The van der Waals surface area contributed by atoms with Crippen molar-refractivity contribution in [2.75, 3.05) is 6.54 Å². The van der Waals surface area contributed by atoms with Crippen LogP contribution in [0, 0.1) is 0 Å². The van der Waals surface area contributed by atoms with Gasteiger partial charge in [0, 0.05) is 17.4 Å². The number of nitrogens with two attached hydrogens (primary N) is 1. The molecule has 0 radical (unpaired) electrons. The van der Waals surface area contributed by atoms with Gasteiger partial charge in [0.1, 0.15) is 0 Å². The van der Waals surface area contributed by atoms with Crippen LogP contribution in [0.4, 0.5) is 0 Å². The fourth-order valence-corrected chi connectivity index (χ4v) is 3.13. The minimum absolute atomic E-state index is 0.723. The molecule has 0 aliphatic rings. The van der Waals surface area contributed by atoms with Gasteiger partial charge in [0.25, 0.3) is 0 Å². The van der Waals surface area contributed by atoms with Gasteiger partial charge >= 0.3 is 0 Å². The molecule has 0 unspecified atom stereocenters. The molecular weight excluding hydrogens is 276 g/mol. The summed E-state index contributed by atoms with van der Waals surface area (Å²) in [5, 5.41) is 3.30. The maximum atomic E-state index is 5.54. The zero-order chi connectivity index (χ0) is 14.5. The van der Waals surface area contributed by atoms with Crippen LogP contribution in [0.1, 0.15) is 11.4 Å². The maximum Gasteiger partial charge on any atom is 0.0933 e. The molecule has 2 nitrogen and oxygen atoms in total. The third-order valence-corrected chi connectivity index (χ3v) is 4.34. The molecule has 106 valence electrons. The SMILES string of the molecule is NCCCc1nc(-c2ccc(-c3ccccc3)cc2)cs1. The van der Waals surface area contributed by atoms with E-state index in [1.165, 1.54) is 21.7 Å². The summed E-state index contributed by atoms with van der Waals surface area (Å²) < 4.78 is 0. The molecule has 1 heterocycles. The van der Waals surface area contributed by atoms with Crippen LogP contribution in [-0.2, 0) is 6.42 Å². The fourth-order valence-electron chi connectivity index (χ4n) is 2.28. The quantitative estimate of drug-likeness (QED) is 0.759. The molecule has 2 aromatic carbocycles. The summed E-state index contributed by atoms with van der Waals surface area (Å²) in [4.78, 5) is 4.68. The van der Waals surface area contributed by atoms with Crippen molar-refractivity contribution in [3.05, 3.63) is 65.0 Å². The van der Waals surface area contributed by atoms with Crippen LogP contribution in [0.3, 0.4) is 0 Å². The number of hydrogen-bond donors (Lipinski definition) is 1. The molecule has 3 rings (SSSR count). The summed E-state index contributed by atoms with van der Waals surface area (Å²) in [6.45, 7) is 0.723. The van der Waals surface area contributed by atoms with Crippen molar-refractivity contribution in [1.82, 2.24) is 4.98 Å². The lowest BCUT2D eigenvalue weighted by atomic mass is 10.0. The summed E-state index contributed by atoms with van der Waals surface area (Å²) in [5.41, 5.74) is 10.3. The Balaban J connectivity index is 1.79. The van der Waals surface area contributed by atoms with Gasteiger partial charge in [0.05, 0.1) is 10.7 Å². The van der Waals surface area contributed by atoms with E-state index in [0.717, 1.165) is 25.1 Å². The zero-order valence-corrected chi connectivity index (χ0v) is 12.6. The third kappa shape index (κ3) is 3.38. The lowest BCUT2D eigenvalue weighted by Gasteiger charge is -2.02. The molecule has 0 amide bonds. The molecule has 3 heteroatoms. The van der Waals surface area contributed by atoms with E-state index in [2.05, 4.69) is 58.9 Å². The van der Waals surface area contributed by atoms with E-state index < -0.39 is 0 Å². The summed E-state index contributed by atoms with van der Waals surface area (Å²) in [6, 6.07) is 19.0. The van der Waals surface area contributed by atoms with E-state index in [9.17, 15) is 0 Å². The molecule has 0 aliphatic heterocycles. The topological polar surface area (TPSA) is 38.9 Å². The Hall–Kier alpha value is -1.97. The molecule has 1 aromatic heterocycles. The number of rotatable bonds is 5. The van der Waals surface area contributed by atoms with Crippen molar-refractivity contribution in [2.24, 2.45) is 5.73 Å². The number of thiazole rings is 1. The predicted molar refractivity (Wildman–Crippen MR) is 90.4 cm³/mol. The summed E-state index contributed by atoms with van der Waals surface area (Å²) in [5.74, 6) is 0. The maximum absolute atomic E-state index is 5.54. The Morgan fingerprint density at radius 2 is 1.52 bits per heavy atom. The number of aromatic nitrogens is 1. The molecule has 21 heavy (non-hydrogen) atoms. The highest BCUT2D eigenvalue weighted by atomic mass is 32.1. The van der Waals surface area contributed by atoms with Gasteiger partial charge in [-0.15, -0.1) is 11.3 Å². The highest BCUT2D eigenvalue weighted by molar-refractivity contribution is 7.09. The number of aryl methyl sites for hydroxylation is 1. The molecular formula is C18H18N2S. The minimum atomic E-state index is 0.723. The van der Waals surface area contributed by atoms with Gasteiger partial charge in [0.2, 0.25) is 0 Å². The summed E-state index contributed by atoms with van der Waals surface area (Å²) >= 11 is 1.72. The van der Waals surface area contributed by atoms with Crippen molar-refractivity contribution in [3.63, 3.8) is 0 Å². The Morgan fingerprint density at radius 3 is 2.24 bits per heavy atom. The molecule has 0 bridgehead atoms. The van der Waals surface area contributed by atoms with E-state index in [1.807, 2.05) is 6.07 Å². The Labute approximate surface area is 129 Å². The van der Waals surface area contributed by atoms with Crippen LogP contribution in [0.2, 0.25) is 0 Å². The summed E-state index contributed by atoms with van der Waals surface area (Å²) in [6.07, 6.45) is 1.98. The first-order valence-electron chi connectivity index (χ1n) is 7.17. The van der Waals surface area contributed by atoms with Crippen LogP contribution in [0.15, 0.2) is 60.0 Å². The molecule has 0 fully saturated rings. The van der Waals surface area contributed by atoms with Crippen LogP contribution >= 0.6 is 11.3 Å². The molecule has 0 spiro atoms. The first-order valence-corrected chi connectivity index (χ1v) is 8.05.